The van der Waals surface area contributed by atoms with Gasteiger partial charge in [0.2, 0.25) is 0 Å². The van der Waals surface area contributed by atoms with Crippen LogP contribution >= 0.6 is 0 Å². The molecule has 0 aromatic heterocycles. The number of carbonyl (C=O) groups is 3. The molecule has 9 heteroatoms. The Hall–Kier alpha value is -1.71. The number of aldehydes is 1. The quantitative estimate of drug-likeness (QED) is 0.354. The van der Waals surface area contributed by atoms with Gasteiger partial charge in [0, 0.05) is 12.5 Å². The van der Waals surface area contributed by atoms with Gasteiger partial charge in [0.15, 0.2) is 6.29 Å². The summed E-state index contributed by atoms with van der Waals surface area (Å²) in [5.41, 5.74) is 4.53. The van der Waals surface area contributed by atoms with Crippen molar-refractivity contribution in [3.8, 4) is 0 Å². The van der Waals surface area contributed by atoms with E-state index in [1.165, 1.54) is 4.90 Å². The SMILES string of the molecule is CCOC(C)OC[C@@H]1C[C@H](C(=O)OC(C)(C)C)N(C(=O)OC(C)(C)C)[C@H]1[C@@H](N)C=O. The number of rotatable bonds is 8. The molecule has 5 atom stereocenters. The van der Waals surface area contributed by atoms with Gasteiger partial charge in [-0.25, -0.2) is 9.59 Å². The van der Waals surface area contributed by atoms with E-state index in [-0.39, 0.29) is 18.9 Å². The second-order valence-electron chi connectivity index (χ2n) is 9.49. The Labute approximate surface area is 179 Å². The Morgan fingerprint density at radius 1 is 1.10 bits per heavy atom. The summed E-state index contributed by atoms with van der Waals surface area (Å²) in [6, 6.07) is -2.73. The van der Waals surface area contributed by atoms with Crippen LogP contribution in [0.2, 0.25) is 0 Å². The third kappa shape index (κ3) is 7.85. The van der Waals surface area contributed by atoms with Crippen LogP contribution in [0.5, 0.6) is 0 Å². The van der Waals surface area contributed by atoms with E-state index in [0.29, 0.717) is 12.9 Å². The maximum atomic E-state index is 13.0. The minimum Gasteiger partial charge on any atom is -0.458 e. The summed E-state index contributed by atoms with van der Waals surface area (Å²) in [4.78, 5) is 38.7. The number of hydrogen-bond acceptors (Lipinski definition) is 8. The first-order valence-corrected chi connectivity index (χ1v) is 10.4. The van der Waals surface area contributed by atoms with Crippen molar-refractivity contribution >= 4 is 18.3 Å². The Kier molecular flexibility index (Phi) is 9.25. The largest absolute Gasteiger partial charge is 0.458 e. The number of likely N-dealkylation sites (tertiary alicyclic amines) is 1. The molecule has 1 amide bonds. The monoisotopic (exact) mass is 430 g/mol. The van der Waals surface area contributed by atoms with E-state index in [2.05, 4.69) is 0 Å². The molecule has 0 saturated carbocycles. The van der Waals surface area contributed by atoms with Crippen LogP contribution in [0.4, 0.5) is 4.79 Å². The molecule has 0 aromatic carbocycles. The second-order valence-corrected chi connectivity index (χ2v) is 9.49. The topological polar surface area (TPSA) is 117 Å². The highest BCUT2D eigenvalue weighted by Crippen LogP contribution is 2.35. The zero-order valence-electron chi connectivity index (χ0n) is 19.5. The predicted octanol–water partition coefficient (Wildman–Crippen LogP) is 2.25. The maximum absolute atomic E-state index is 13.0. The van der Waals surface area contributed by atoms with Gasteiger partial charge in [-0.3, -0.25) is 4.90 Å². The Morgan fingerprint density at radius 3 is 2.13 bits per heavy atom. The van der Waals surface area contributed by atoms with Gasteiger partial charge in [0.1, 0.15) is 23.5 Å². The van der Waals surface area contributed by atoms with Crippen molar-refractivity contribution in [2.75, 3.05) is 13.2 Å². The summed E-state index contributed by atoms with van der Waals surface area (Å²) < 4.78 is 22.1. The van der Waals surface area contributed by atoms with E-state index in [1.54, 1.807) is 48.5 Å². The molecule has 0 spiro atoms. The number of hydrogen-bond donors (Lipinski definition) is 1. The van der Waals surface area contributed by atoms with Gasteiger partial charge in [0.25, 0.3) is 0 Å². The van der Waals surface area contributed by atoms with Crippen LogP contribution in [0.3, 0.4) is 0 Å². The third-order valence-electron chi connectivity index (χ3n) is 4.45. The van der Waals surface area contributed by atoms with Crippen molar-refractivity contribution in [1.29, 1.82) is 0 Å². The Bertz CT molecular complexity index is 597. The van der Waals surface area contributed by atoms with E-state index in [9.17, 15) is 14.4 Å². The molecule has 1 rings (SSSR count). The minimum absolute atomic E-state index is 0.159. The lowest BCUT2D eigenvalue weighted by molar-refractivity contribution is -0.160. The maximum Gasteiger partial charge on any atom is 0.411 e. The van der Waals surface area contributed by atoms with Crippen molar-refractivity contribution in [1.82, 2.24) is 4.90 Å². The summed E-state index contributed by atoms with van der Waals surface area (Å²) in [5, 5.41) is 0. The van der Waals surface area contributed by atoms with E-state index in [4.69, 9.17) is 24.7 Å². The molecular weight excluding hydrogens is 392 g/mol. The van der Waals surface area contributed by atoms with Crippen LogP contribution in [-0.4, -0.2) is 72.1 Å². The number of nitrogens with two attached hydrogens (primary N) is 1. The summed E-state index contributed by atoms with van der Waals surface area (Å²) >= 11 is 0. The highest BCUT2D eigenvalue weighted by Gasteiger charge is 2.52. The van der Waals surface area contributed by atoms with Crippen LogP contribution in [-0.2, 0) is 28.5 Å². The van der Waals surface area contributed by atoms with Gasteiger partial charge >= 0.3 is 12.1 Å². The zero-order valence-corrected chi connectivity index (χ0v) is 19.5. The normalized spacial score (nSPS) is 24.3. The molecule has 174 valence electrons. The third-order valence-corrected chi connectivity index (χ3v) is 4.45. The average Bonchev–Trinajstić information content (AvgIpc) is 2.96. The molecule has 0 radical (unpaired) electrons. The smallest absolute Gasteiger partial charge is 0.411 e. The first kappa shape index (κ1) is 26.3. The van der Waals surface area contributed by atoms with Crippen LogP contribution in [0.1, 0.15) is 61.8 Å². The van der Waals surface area contributed by atoms with Gasteiger partial charge in [-0.2, -0.15) is 0 Å². The molecule has 1 aliphatic heterocycles. The van der Waals surface area contributed by atoms with Gasteiger partial charge in [-0.1, -0.05) is 0 Å². The zero-order chi connectivity index (χ0) is 23.3. The van der Waals surface area contributed by atoms with Crippen molar-refractivity contribution in [3.05, 3.63) is 0 Å². The first-order chi connectivity index (χ1) is 13.7. The molecule has 1 aliphatic rings. The molecule has 0 aliphatic carbocycles. The minimum atomic E-state index is -1.01. The molecule has 0 bridgehead atoms. The molecule has 1 fully saturated rings. The molecule has 1 saturated heterocycles. The van der Waals surface area contributed by atoms with Gasteiger partial charge in [0.05, 0.1) is 18.7 Å². The summed E-state index contributed by atoms with van der Waals surface area (Å²) in [6.45, 7) is 14.7. The summed E-state index contributed by atoms with van der Waals surface area (Å²) in [5.74, 6) is -0.949. The highest BCUT2D eigenvalue weighted by molar-refractivity contribution is 5.83. The van der Waals surface area contributed by atoms with Crippen molar-refractivity contribution in [2.24, 2.45) is 11.7 Å². The highest BCUT2D eigenvalue weighted by atomic mass is 16.7. The van der Waals surface area contributed by atoms with Crippen LogP contribution < -0.4 is 5.73 Å². The fraction of sp³-hybridized carbons (Fsp3) is 0.857. The Morgan fingerprint density at radius 2 is 1.67 bits per heavy atom. The predicted molar refractivity (Wildman–Crippen MR) is 111 cm³/mol. The van der Waals surface area contributed by atoms with Crippen LogP contribution in [0.15, 0.2) is 0 Å². The first-order valence-electron chi connectivity index (χ1n) is 10.4. The standard InChI is InChI=1S/C21H38N2O7/c1-9-27-13(2)28-12-14-10-16(18(25)29-20(3,4)5)23(17(14)15(22)11-24)19(26)30-21(6,7)8/h11,13-17H,9-10,12,22H2,1-8H3/t13?,14-,15-,16+,17+/m0/s1. The number of amides is 1. The molecule has 30 heavy (non-hydrogen) atoms. The molecule has 0 aromatic rings. The molecule has 1 heterocycles. The van der Waals surface area contributed by atoms with Gasteiger partial charge < -0.3 is 29.5 Å². The summed E-state index contributed by atoms with van der Waals surface area (Å²) in [6.07, 6.45) is -0.391. The Balaban J connectivity index is 3.23. The molecule has 1 unspecified atom stereocenters. The van der Waals surface area contributed by atoms with Gasteiger partial charge in [-0.15, -0.1) is 0 Å². The van der Waals surface area contributed by atoms with Crippen molar-refractivity contribution in [2.45, 2.75) is 97.4 Å². The summed E-state index contributed by atoms with van der Waals surface area (Å²) in [7, 11) is 0. The van der Waals surface area contributed by atoms with Crippen LogP contribution in [0, 0.1) is 5.92 Å². The van der Waals surface area contributed by atoms with E-state index in [0.717, 1.165) is 0 Å². The fourth-order valence-corrected chi connectivity index (χ4v) is 3.41. The van der Waals surface area contributed by atoms with Crippen LogP contribution in [0.25, 0.3) is 0 Å². The molecule has 2 N–H and O–H groups in total. The lowest BCUT2D eigenvalue weighted by atomic mass is 9.95. The van der Waals surface area contributed by atoms with Gasteiger partial charge in [-0.05, 0) is 61.8 Å². The lowest BCUT2D eigenvalue weighted by Crippen LogP contribution is -2.55. The average molecular weight is 431 g/mol. The number of ether oxygens (including phenoxy) is 4. The van der Waals surface area contributed by atoms with E-state index < -0.39 is 47.7 Å². The molecular formula is C21H38N2O7. The van der Waals surface area contributed by atoms with Crippen molar-refractivity contribution < 1.29 is 33.3 Å². The second kappa shape index (κ2) is 10.5. The number of esters is 1. The van der Waals surface area contributed by atoms with Crippen molar-refractivity contribution in [3.63, 3.8) is 0 Å². The number of carbonyl (C=O) groups excluding carboxylic acids is 3. The van der Waals surface area contributed by atoms with E-state index >= 15 is 0 Å². The molecule has 9 nitrogen and oxygen atoms in total. The number of nitrogens with zero attached hydrogens (tertiary/aromatic N) is 1. The lowest BCUT2D eigenvalue weighted by Gasteiger charge is -2.35. The fourth-order valence-electron chi connectivity index (χ4n) is 3.41. The van der Waals surface area contributed by atoms with E-state index in [1.807, 2.05) is 6.92 Å².